The molecule has 120 valence electrons. The molecule has 1 unspecified atom stereocenters. The van der Waals surface area contributed by atoms with Gasteiger partial charge in [0.15, 0.2) is 0 Å². The third-order valence-electron chi connectivity index (χ3n) is 6.11. The van der Waals surface area contributed by atoms with E-state index >= 15 is 0 Å². The van der Waals surface area contributed by atoms with Crippen molar-refractivity contribution in [3.05, 3.63) is 0 Å². The molecular weight excluding hydrogens is 260 g/mol. The molecule has 0 aromatic carbocycles. The van der Waals surface area contributed by atoms with Gasteiger partial charge in [0.25, 0.3) is 0 Å². The standard InChI is InChI=1S/C18H32N2O/c1-13(2)16-19-18(10-4-5-11-18)17(21)20(16)12-15-8-6-14(3)7-9-15/h13-16,19H,4-12H2,1-3H3. The molecule has 1 amide bonds. The predicted molar refractivity (Wildman–Crippen MR) is 85.8 cm³/mol. The number of rotatable bonds is 3. The fourth-order valence-electron chi connectivity index (χ4n) is 4.67. The summed E-state index contributed by atoms with van der Waals surface area (Å²) >= 11 is 0. The van der Waals surface area contributed by atoms with Crippen molar-refractivity contribution in [3.8, 4) is 0 Å². The van der Waals surface area contributed by atoms with Crippen LogP contribution in [0.4, 0.5) is 0 Å². The summed E-state index contributed by atoms with van der Waals surface area (Å²) in [6.07, 6.45) is 10.1. The minimum absolute atomic E-state index is 0.198. The molecule has 21 heavy (non-hydrogen) atoms. The van der Waals surface area contributed by atoms with Crippen LogP contribution in [0.15, 0.2) is 0 Å². The second kappa shape index (κ2) is 5.91. The van der Waals surface area contributed by atoms with Crippen LogP contribution in [0.2, 0.25) is 0 Å². The summed E-state index contributed by atoms with van der Waals surface area (Å²) in [7, 11) is 0. The third kappa shape index (κ3) is 2.86. The van der Waals surface area contributed by atoms with Crippen LogP contribution >= 0.6 is 0 Å². The van der Waals surface area contributed by atoms with Crippen molar-refractivity contribution >= 4 is 5.91 Å². The maximum Gasteiger partial charge on any atom is 0.244 e. The maximum atomic E-state index is 13.0. The Hall–Kier alpha value is -0.570. The molecule has 3 rings (SSSR count). The van der Waals surface area contributed by atoms with Crippen LogP contribution in [0.3, 0.4) is 0 Å². The lowest BCUT2D eigenvalue weighted by molar-refractivity contribution is -0.134. The normalized spacial score (nSPS) is 36.1. The van der Waals surface area contributed by atoms with Crippen LogP contribution in [0.1, 0.15) is 72.1 Å². The lowest BCUT2D eigenvalue weighted by Gasteiger charge is -2.33. The Bertz CT molecular complexity index is 379. The highest BCUT2D eigenvalue weighted by atomic mass is 16.2. The Kier molecular flexibility index (Phi) is 4.31. The van der Waals surface area contributed by atoms with Crippen molar-refractivity contribution in [3.63, 3.8) is 0 Å². The first-order valence-corrected chi connectivity index (χ1v) is 9.10. The van der Waals surface area contributed by atoms with E-state index in [1.807, 2.05) is 0 Å². The van der Waals surface area contributed by atoms with Gasteiger partial charge in [0.1, 0.15) is 0 Å². The minimum atomic E-state index is -0.198. The molecule has 1 heterocycles. The number of carbonyl (C=O) groups excluding carboxylic acids is 1. The van der Waals surface area contributed by atoms with Crippen LogP contribution in [0.25, 0.3) is 0 Å². The summed E-state index contributed by atoms with van der Waals surface area (Å²) in [5.41, 5.74) is -0.198. The Balaban J connectivity index is 1.70. The van der Waals surface area contributed by atoms with Gasteiger partial charge in [-0.2, -0.15) is 0 Å². The molecule has 3 fully saturated rings. The molecule has 2 saturated carbocycles. The number of amides is 1. The summed E-state index contributed by atoms with van der Waals surface area (Å²) in [5, 5.41) is 3.74. The van der Waals surface area contributed by atoms with Crippen molar-refractivity contribution < 1.29 is 4.79 Å². The number of hydrogen-bond donors (Lipinski definition) is 1. The smallest absolute Gasteiger partial charge is 0.244 e. The van der Waals surface area contributed by atoms with Gasteiger partial charge in [0.2, 0.25) is 5.91 Å². The van der Waals surface area contributed by atoms with E-state index < -0.39 is 0 Å². The van der Waals surface area contributed by atoms with E-state index in [1.165, 1.54) is 38.5 Å². The van der Waals surface area contributed by atoms with Crippen molar-refractivity contribution in [2.24, 2.45) is 17.8 Å². The van der Waals surface area contributed by atoms with Crippen molar-refractivity contribution in [1.82, 2.24) is 10.2 Å². The first-order valence-electron chi connectivity index (χ1n) is 9.10. The van der Waals surface area contributed by atoms with E-state index in [0.717, 1.165) is 31.2 Å². The van der Waals surface area contributed by atoms with Gasteiger partial charge in [-0.25, -0.2) is 0 Å². The third-order valence-corrected chi connectivity index (χ3v) is 6.11. The summed E-state index contributed by atoms with van der Waals surface area (Å²) in [4.78, 5) is 15.3. The molecule has 1 saturated heterocycles. The fourth-order valence-corrected chi connectivity index (χ4v) is 4.67. The molecule has 0 aromatic rings. The molecule has 0 radical (unpaired) electrons. The van der Waals surface area contributed by atoms with Crippen molar-refractivity contribution in [1.29, 1.82) is 0 Å². The van der Waals surface area contributed by atoms with E-state index in [2.05, 4.69) is 31.0 Å². The van der Waals surface area contributed by atoms with Crippen molar-refractivity contribution in [2.75, 3.05) is 6.54 Å². The Morgan fingerprint density at radius 1 is 1.19 bits per heavy atom. The molecule has 1 spiro atoms. The fraction of sp³-hybridized carbons (Fsp3) is 0.944. The van der Waals surface area contributed by atoms with Crippen LogP contribution in [-0.4, -0.2) is 29.1 Å². The molecule has 3 aliphatic rings. The van der Waals surface area contributed by atoms with E-state index in [-0.39, 0.29) is 11.7 Å². The van der Waals surface area contributed by atoms with E-state index in [9.17, 15) is 4.79 Å². The second-order valence-corrected chi connectivity index (χ2v) is 8.21. The van der Waals surface area contributed by atoms with Crippen LogP contribution < -0.4 is 5.32 Å². The maximum absolute atomic E-state index is 13.0. The van der Waals surface area contributed by atoms with Gasteiger partial charge in [-0.15, -0.1) is 0 Å². The average Bonchev–Trinajstić information content (AvgIpc) is 3.03. The largest absolute Gasteiger partial charge is 0.325 e. The van der Waals surface area contributed by atoms with Gasteiger partial charge < -0.3 is 4.90 Å². The number of nitrogens with one attached hydrogen (secondary N) is 1. The zero-order chi connectivity index (χ0) is 15.0. The quantitative estimate of drug-likeness (QED) is 0.863. The van der Waals surface area contributed by atoms with Gasteiger partial charge in [0.05, 0.1) is 11.7 Å². The number of hydrogen-bond acceptors (Lipinski definition) is 2. The molecular formula is C18H32N2O. The number of nitrogens with zero attached hydrogens (tertiary/aromatic N) is 1. The first kappa shape index (κ1) is 15.3. The van der Waals surface area contributed by atoms with Gasteiger partial charge in [-0.05, 0) is 43.4 Å². The summed E-state index contributed by atoms with van der Waals surface area (Å²) in [5.74, 6) is 2.52. The molecule has 2 aliphatic carbocycles. The first-order chi connectivity index (χ1) is 10.0. The predicted octanol–water partition coefficient (Wildman–Crippen LogP) is 3.54. The summed E-state index contributed by atoms with van der Waals surface area (Å²) in [6, 6.07) is 0. The van der Waals surface area contributed by atoms with Gasteiger partial charge in [0, 0.05) is 6.54 Å². The summed E-state index contributed by atoms with van der Waals surface area (Å²) in [6.45, 7) is 7.84. The average molecular weight is 292 g/mol. The van der Waals surface area contributed by atoms with Crippen LogP contribution in [-0.2, 0) is 4.79 Å². The number of carbonyl (C=O) groups is 1. The van der Waals surface area contributed by atoms with Gasteiger partial charge in [-0.3, -0.25) is 10.1 Å². The Morgan fingerprint density at radius 2 is 1.81 bits per heavy atom. The van der Waals surface area contributed by atoms with Gasteiger partial charge >= 0.3 is 0 Å². The molecule has 1 aliphatic heterocycles. The lowest BCUT2D eigenvalue weighted by atomic mass is 9.82. The topological polar surface area (TPSA) is 32.3 Å². The monoisotopic (exact) mass is 292 g/mol. The minimum Gasteiger partial charge on any atom is -0.325 e. The highest BCUT2D eigenvalue weighted by Gasteiger charge is 2.53. The highest BCUT2D eigenvalue weighted by Crippen LogP contribution is 2.39. The second-order valence-electron chi connectivity index (χ2n) is 8.21. The molecule has 3 heteroatoms. The Labute approximate surface area is 129 Å². The molecule has 1 atom stereocenters. The van der Waals surface area contributed by atoms with E-state index in [4.69, 9.17) is 0 Å². The zero-order valence-electron chi connectivity index (χ0n) is 14.0. The van der Waals surface area contributed by atoms with Crippen molar-refractivity contribution in [2.45, 2.75) is 83.8 Å². The SMILES string of the molecule is CC1CCC(CN2C(=O)C3(CCCC3)NC2C(C)C)CC1. The molecule has 1 N–H and O–H groups in total. The van der Waals surface area contributed by atoms with Crippen LogP contribution in [0.5, 0.6) is 0 Å². The Morgan fingerprint density at radius 3 is 2.38 bits per heavy atom. The van der Waals surface area contributed by atoms with Crippen LogP contribution in [0, 0.1) is 17.8 Å². The highest BCUT2D eigenvalue weighted by molar-refractivity contribution is 5.89. The van der Waals surface area contributed by atoms with E-state index in [0.29, 0.717) is 11.8 Å². The summed E-state index contributed by atoms with van der Waals surface area (Å²) < 4.78 is 0. The van der Waals surface area contributed by atoms with Gasteiger partial charge in [-0.1, -0.05) is 46.5 Å². The molecule has 0 bridgehead atoms. The van der Waals surface area contributed by atoms with E-state index in [1.54, 1.807) is 0 Å². The molecule has 0 aromatic heterocycles. The lowest BCUT2D eigenvalue weighted by Crippen LogP contribution is -2.45. The zero-order valence-corrected chi connectivity index (χ0v) is 14.0. The molecule has 3 nitrogen and oxygen atoms in total.